The molecule has 0 aromatic heterocycles. The molecule has 150 valence electrons. The minimum Gasteiger partial charge on any atom is -0.465 e. The maximum atomic E-state index is 13.1. The van der Waals surface area contributed by atoms with E-state index in [2.05, 4.69) is 21.2 Å². The van der Waals surface area contributed by atoms with Gasteiger partial charge in [-0.05, 0) is 36.2 Å². The number of hydrogen-bond acceptors (Lipinski definition) is 5. The van der Waals surface area contributed by atoms with E-state index in [0.717, 1.165) is 4.90 Å². The number of rotatable bonds is 5. The summed E-state index contributed by atoms with van der Waals surface area (Å²) in [6, 6.07) is 10.2. The van der Waals surface area contributed by atoms with Crippen LogP contribution in [0.2, 0.25) is 0 Å². The lowest BCUT2D eigenvalue weighted by Gasteiger charge is -2.28. The molecule has 0 saturated heterocycles. The normalized spacial score (nSPS) is 14.0. The summed E-state index contributed by atoms with van der Waals surface area (Å²) in [5, 5.41) is 2.67. The number of fused-ring (bicyclic) bond motifs is 1. The Morgan fingerprint density at radius 1 is 1.03 bits per heavy atom. The first kappa shape index (κ1) is 20.7. The van der Waals surface area contributed by atoms with E-state index in [-0.39, 0.29) is 28.3 Å². The number of hydrogen-bond donors (Lipinski definition) is 1. The van der Waals surface area contributed by atoms with Gasteiger partial charge in [-0.25, -0.2) is 4.79 Å². The molecule has 1 N–H and O–H groups in total. The van der Waals surface area contributed by atoms with E-state index >= 15 is 0 Å². The first-order chi connectivity index (χ1) is 13.8. The molecular formula is C21H19BrN2O5. The summed E-state index contributed by atoms with van der Waals surface area (Å²) in [5.41, 5.74) is 0.928. The van der Waals surface area contributed by atoms with E-state index in [1.54, 1.807) is 50.2 Å². The van der Waals surface area contributed by atoms with E-state index in [9.17, 15) is 19.2 Å². The summed E-state index contributed by atoms with van der Waals surface area (Å²) >= 11 is 3.28. The van der Waals surface area contributed by atoms with Crippen molar-refractivity contribution in [2.24, 2.45) is 5.92 Å². The molecule has 1 heterocycles. The predicted molar refractivity (Wildman–Crippen MR) is 110 cm³/mol. The van der Waals surface area contributed by atoms with Crippen LogP contribution in [0.4, 0.5) is 5.69 Å². The molecule has 1 aliphatic rings. The van der Waals surface area contributed by atoms with Crippen molar-refractivity contribution >= 4 is 45.3 Å². The second kappa shape index (κ2) is 8.16. The first-order valence-electron chi connectivity index (χ1n) is 8.92. The fourth-order valence-corrected chi connectivity index (χ4v) is 3.65. The van der Waals surface area contributed by atoms with Gasteiger partial charge in [-0.15, -0.1) is 0 Å². The number of esters is 1. The quantitative estimate of drug-likeness (QED) is 0.546. The number of nitrogens with zero attached hydrogens (tertiary/aromatic N) is 1. The molecule has 3 amide bonds. The molecule has 0 fully saturated rings. The Hall–Kier alpha value is -3.00. The number of anilines is 1. The SMILES string of the molecule is COC(=O)c1cc(Br)ccc1NC(=O)C(C(C)C)N1C(=O)c2ccccc2C1=O. The minimum absolute atomic E-state index is 0.153. The van der Waals surface area contributed by atoms with Crippen LogP contribution in [0.3, 0.4) is 0 Å². The minimum atomic E-state index is -1.04. The van der Waals surface area contributed by atoms with E-state index < -0.39 is 29.7 Å². The number of ether oxygens (including phenoxy) is 1. The van der Waals surface area contributed by atoms with Crippen LogP contribution in [0.15, 0.2) is 46.9 Å². The topological polar surface area (TPSA) is 92.8 Å². The van der Waals surface area contributed by atoms with Crippen molar-refractivity contribution in [1.82, 2.24) is 4.90 Å². The van der Waals surface area contributed by atoms with Crippen LogP contribution in [0, 0.1) is 5.92 Å². The zero-order valence-corrected chi connectivity index (χ0v) is 17.6. The maximum absolute atomic E-state index is 13.1. The van der Waals surface area contributed by atoms with Gasteiger partial charge in [0.15, 0.2) is 0 Å². The number of carbonyl (C=O) groups excluding carboxylic acids is 4. The summed E-state index contributed by atoms with van der Waals surface area (Å²) in [7, 11) is 1.24. The number of methoxy groups -OCH3 is 1. The van der Waals surface area contributed by atoms with Crippen molar-refractivity contribution in [2.75, 3.05) is 12.4 Å². The van der Waals surface area contributed by atoms with Crippen molar-refractivity contribution in [1.29, 1.82) is 0 Å². The van der Waals surface area contributed by atoms with Crippen molar-refractivity contribution in [3.05, 3.63) is 63.6 Å². The third-order valence-corrected chi connectivity index (χ3v) is 5.14. The zero-order valence-electron chi connectivity index (χ0n) is 16.1. The van der Waals surface area contributed by atoms with Gasteiger partial charge in [-0.3, -0.25) is 19.3 Å². The van der Waals surface area contributed by atoms with Crippen LogP contribution in [0.5, 0.6) is 0 Å². The number of halogens is 1. The van der Waals surface area contributed by atoms with Gasteiger partial charge in [-0.2, -0.15) is 0 Å². The van der Waals surface area contributed by atoms with Crippen LogP contribution in [0.1, 0.15) is 44.9 Å². The first-order valence-corrected chi connectivity index (χ1v) is 9.71. The van der Waals surface area contributed by atoms with Crippen molar-refractivity contribution in [3.8, 4) is 0 Å². The fraction of sp³-hybridized carbons (Fsp3) is 0.238. The highest BCUT2D eigenvalue weighted by Gasteiger charge is 2.44. The van der Waals surface area contributed by atoms with E-state index in [1.807, 2.05) is 0 Å². The second-order valence-electron chi connectivity index (χ2n) is 6.89. The number of carbonyl (C=O) groups is 4. The Balaban J connectivity index is 1.94. The van der Waals surface area contributed by atoms with Crippen LogP contribution in [-0.4, -0.2) is 41.7 Å². The molecule has 0 bridgehead atoms. The monoisotopic (exact) mass is 458 g/mol. The Morgan fingerprint density at radius 3 is 2.14 bits per heavy atom. The molecule has 2 aromatic rings. The summed E-state index contributed by atoms with van der Waals surface area (Å²) in [6.45, 7) is 3.49. The number of nitrogens with one attached hydrogen (secondary N) is 1. The number of imide groups is 1. The van der Waals surface area contributed by atoms with Crippen LogP contribution in [-0.2, 0) is 9.53 Å². The average molecular weight is 459 g/mol. The summed E-state index contributed by atoms with van der Waals surface area (Å²) in [6.07, 6.45) is 0. The molecule has 0 aliphatic carbocycles. The van der Waals surface area contributed by atoms with Gasteiger partial charge >= 0.3 is 5.97 Å². The molecule has 2 aromatic carbocycles. The van der Waals surface area contributed by atoms with Gasteiger partial charge in [0.25, 0.3) is 11.8 Å². The van der Waals surface area contributed by atoms with Crippen LogP contribution < -0.4 is 5.32 Å². The molecule has 1 atom stereocenters. The molecule has 7 nitrogen and oxygen atoms in total. The van der Waals surface area contributed by atoms with E-state index in [1.165, 1.54) is 13.2 Å². The Kier molecular flexibility index (Phi) is 5.83. The Morgan fingerprint density at radius 2 is 1.62 bits per heavy atom. The smallest absolute Gasteiger partial charge is 0.340 e. The summed E-state index contributed by atoms with van der Waals surface area (Å²) in [4.78, 5) is 51.8. The van der Waals surface area contributed by atoms with E-state index in [0.29, 0.717) is 4.47 Å². The molecule has 3 rings (SSSR count). The number of amides is 3. The zero-order chi connectivity index (χ0) is 21.3. The predicted octanol–water partition coefficient (Wildman–Crippen LogP) is 3.50. The van der Waals surface area contributed by atoms with Gasteiger partial charge in [0.05, 0.1) is 29.5 Å². The molecule has 8 heteroatoms. The largest absolute Gasteiger partial charge is 0.465 e. The Bertz CT molecular complexity index is 983. The third kappa shape index (κ3) is 3.80. The highest BCUT2D eigenvalue weighted by atomic mass is 79.9. The lowest BCUT2D eigenvalue weighted by atomic mass is 10.0. The maximum Gasteiger partial charge on any atom is 0.340 e. The van der Waals surface area contributed by atoms with Crippen LogP contribution >= 0.6 is 15.9 Å². The van der Waals surface area contributed by atoms with Gasteiger partial charge in [0.1, 0.15) is 6.04 Å². The lowest BCUT2D eigenvalue weighted by Crippen LogP contribution is -2.50. The molecule has 1 unspecified atom stereocenters. The molecule has 1 aliphatic heterocycles. The number of benzene rings is 2. The van der Waals surface area contributed by atoms with E-state index in [4.69, 9.17) is 4.74 Å². The van der Waals surface area contributed by atoms with Crippen molar-refractivity contribution in [3.63, 3.8) is 0 Å². The standard InChI is InChI=1S/C21H19BrN2O5/c1-11(2)17(24-19(26)13-6-4-5-7-14(13)20(24)27)18(25)23-16-9-8-12(22)10-15(16)21(28)29-3/h4-11,17H,1-3H3,(H,23,25). The van der Waals surface area contributed by atoms with Gasteiger partial charge in [-0.1, -0.05) is 41.9 Å². The Labute approximate surface area is 176 Å². The molecule has 0 spiro atoms. The van der Waals surface area contributed by atoms with Crippen molar-refractivity contribution in [2.45, 2.75) is 19.9 Å². The summed E-state index contributed by atoms with van der Waals surface area (Å²) in [5.74, 6) is -2.56. The highest BCUT2D eigenvalue weighted by Crippen LogP contribution is 2.29. The molecule has 29 heavy (non-hydrogen) atoms. The second-order valence-corrected chi connectivity index (χ2v) is 7.80. The average Bonchev–Trinajstić information content (AvgIpc) is 2.94. The van der Waals surface area contributed by atoms with Crippen molar-refractivity contribution < 1.29 is 23.9 Å². The van der Waals surface area contributed by atoms with Gasteiger partial charge in [0, 0.05) is 4.47 Å². The third-order valence-electron chi connectivity index (χ3n) is 4.65. The fourth-order valence-electron chi connectivity index (χ4n) is 3.29. The highest BCUT2D eigenvalue weighted by molar-refractivity contribution is 9.10. The summed E-state index contributed by atoms with van der Waals surface area (Å²) < 4.78 is 5.40. The molecular weight excluding hydrogens is 440 g/mol. The van der Waals surface area contributed by atoms with Gasteiger partial charge in [0.2, 0.25) is 5.91 Å². The molecule has 0 radical (unpaired) electrons. The van der Waals surface area contributed by atoms with Gasteiger partial charge < -0.3 is 10.1 Å². The molecule has 0 saturated carbocycles. The lowest BCUT2D eigenvalue weighted by molar-refractivity contribution is -0.121. The van der Waals surface area contributed by atoms with Crippen LogP contribution in [0.25, 0.3) is 0 Å².